The van der Waals surface area contributed by atoms with Crippen molar-refractivity contribution < 1.29 is 23.1 Å². The number of Topliss-reactive ketones (excluding diaryl/α,β-unsaturated/α-hetero) is 1. The molecule has 0 aliphatic carbocycles. The summed E-state index contributed by atoms with van der Waals surface area (Å²) in [7, 11) is 1.39. The fourth-order valence-electron chi connectivity index (χ4n) is 2.40. The molecule has 0 unspecified atom stereocenters. The number of esters is 1. The van der Waals surface area contributed by atoms with Gasteiger partial charge >= 0.3 is 5.97 Å². The van der Waals surface area contributed by atoms with Crippen LogP contribution in [-0.2, 0) is 11.8 Å². The van der Waals surface area contributed by atoms with E-state index in [-0.39, 0.29) is 22.2 Å². The van der Waals surface area contributed by atoms with Crippen LogP contribution < -0.4 is 5.56 Å². The van der Waals surface area contributed by atoms with E-state index < -0.39 is 30.0 Å². The van der Waals surface area contributed by atoms with Crippen molar-refractivity contribution in [1.82, 2.24) is 9.78 Å². The van der Waals surface area contributed by atoms with Crippen LogP contribution in [0.5, 0.6) is 0 Å². The lowest BCUT2D eigenvalue weighted by Gasteiger charge is -2.08. The van der Waals surface area contributed by atoms with Gasteiger partial charge in [-0.2, -0.15) is 5.10 Å². The Bertz CT molecular complexity index is 1090. The van der Waals surface area contributed by atoms with Crippen LogP contribution in [0.2, 0.25) is 0 Å². The summed E-state index contributed by atoms with van der Waals surface area (Å²) < 4.78 is 32.0. The highest BCUT2D eigenvalue weighted by Gasteiger charge is 2.19. The number of aryl methyl sites for hydroxylation is 1. The molecule has 132 valence electrons. The molecule has 0 amide bonds. The van der Waals surface area contributed by atoms with Gasteiger partial charge in [-0.25, -0.2) is 18.3 Å². The molecule has 0 spiro atoms. The number of carbonyl (C=O) groups is 2. The monoisotopic (exact) mass is 358 g/mol. The van der Waals surface area contributed by atoms with Gasteiger partial charge in [0.2, 0.25) is 0 Å². The summed E-state index contributed by atoms with van der Waals surface area (Å²) in [5.74, 6) is -3.87. The third kappa shape index (κ3) is 3.21. The smallest absolute Gasteiger partial charge is 0.359 e. The van der Waals surface area contributed by atoms with Crippen LogP contribution in [0.15, 0.2) is 47.3 Å². The molecule has 0 radical (unpaired) electrons. The zero-order valence-electron chi connectivity index (χ0n) is 13.5. The zero-order valence-corrected chi connectivity index (χ0v) is 13.5. The fraction of sp³-hybridized carbons (Fsp3) is 0.111. The third-order valence-electron chi connectivity index (χ3n) is 3.73. The highest BCUT2D eigenvalue weighted by Crippen LogP contribution is 2.14. The SMILES string of the molecule is Cn1nc(C(=O)OCC(=O)c2ccc(F)c(F)c2)c2ccccc2c1=O. The average molecular weight is 358 g/mol. The summed E-state index contributed by atoms with van der Waals surface area (Å²) in [6, 6.07) is 8.99. The lowest BCUT2D eigenvalue weighted by molar-refractivity contribution is 0.0468. The van der Waals surface area contributed by atoms with Gasteiger partial charge in [-0.05, 0) is 24.3 Å². The molecule has 0 aliphatic rings. The first-order chi connectivity index (χ1) is 12.4. The third-order valence-corrected chi connectivity index (χ3v) is 3.73. The van der Waals surface area contributed by atoms with Gasteiger partial charge in [0.15, 0.2) is 29.7 Å². The van der Waals surface area contributed by atoms with Gasteiger partial charge in [-0.15, -0.1) is 0 Å². The summed E-state index contributed by atoms with van der Waals surface area (Å²) in [6.45, 7) is -0.678. The lowest BCUT2D eigenvalue weighted by Crippen LogP contribution is -2.24. The number of fused-ring (bicyclic) bond motifs is 1. The van der Waals surface area contributed by atoms with Gasteiger partial charge < -0.3 is 4.74 Å². The Morgan fingerprint density at radius 3 is 2.46 bits per heavy atom. The van der Waals surface area contributed by atoms with Crippen molar-refractivity contribution in [1.29, 1.82) is 0 Å². The Kier molecular flexibility index (Phi) is 4.57. The van der Waals surface area contributed by atoms with Crippen molar-refractivity contribution in [2.75, 3.05) is 6.61 Å². The van der Waals surface area contributed by atoms with E-state index in [0.717, 1.165) is 22.9 Å². The van der Waals surface area contributed by atoms with Crippen molar-refractivity contribution in [3.05, 3.63) is 75.7 Å². The van der Waals surface area contributed by atoms with Crippen LogP contribution >= 0.6 is 0 Å². The van der Waals surface area contributed by atoms with E-state index in [1.807, 2.05) is 0 Å². The lowest BCUT2D eigenvalue weighted by atomic mass is 10.1. The van der Waals surface area contributed by atoms with E-state index in [0.29, 0.717) is 5.39 Å². The van der Waals surface area contributed by atoms with Crippen LogP contribution in [0.1, 0.15) is 20.8 Å². The van der Waals surface area contributed by atoms with Crippen molar-refractivity contribution >= 4 is 22.5 Å². The number of carbonyl (C=O) groups excluding carboxylic acids is 2. The molecule has 0 aliphatic heterocycles. The van der Waals surface area contributed by atoms with Gasteiger partial charge in [0.05, 0.1) is 5.39 Å². The van der Waals surface area contributed by atoms with E-state index in [1.54, 1.807) is 18.2 Å². The molecule has 1 aromatic heterocycles. The number of nitrogens with zero attached hydrogens (tertiary/aromatic N) is 2. The van der Waals surface area contributed by atoms with E-state index in [2.05, 4.69) is 5.10 Å². The van der Waals surface area contributed by atoms with E-state index in [1.165, 1.54) is 13.1 Å². The molecule has 2 aromatic carbocycles. The van der Waals surface area contributed by atoms with Crippen molar-refractivity contribution in [2.45, 2.75) is 0 Å². The molecule has 26 heavy (non-hydrogen) atoms. The molecule has 8 heteroatoms. The number of hydrogen-bond acceptors (Lipinski definition) is 5. The Hall–Kier alpha value is -3.42. The molecule has 0 atom stereocenters. The van der Waals surface area contributed by atoms with E-state index >= 15 is 0 Å². The topological polar surface area (TPSA) is 78.3 Å². The van der Waals surface area contributed by atoms with E-state index in [9.17, 15) is 23.2 Å². The molecule has 6 nitrogen and oxygen atoms in total. The molecule has 3 aromatic rings. The highest BCUT2D eigenvalue weighted by atomic mass is 19.2. The Labute approximate surface area is 145 Å². The molecule has 0 N–H and O–H groups in total. The minimum atomic E-state index is -1.17. The number of hydrogen-bond donors (Lipinski definition) is 0. The molecule has 0 saturated heterocycles. The molecular formula is C18H12F2N2O4. The summed E-state index contributed by atoms with van der Waals surface area (Å²) in [4.78, 5) is 36.3. The molecule has 0 bridgehead atoms. The van der Waals surface area contributed by atoms with Crippen molar-refractivity contribution in [3.8, 4) is 0 Å². The van der Waals surface area contributed by atoms with Crippen LogP contribution in [0.3, 0.4) is 0 Å². The number of halogens is 2. The second-order valence-electron chi connectivity index (χ2n) is 5.45. The fourth-order valence-corrected chi connectivity index (χ4v) is 2.40. The first-order valence-electron chi connectivity index (χ1n) is 7.50. The predicted octanol–water partition coefficient (Wildman–Crippen LogP) is 2.25. The normalized spacial score (nSPS) is 10.7. The van der Waals surface area contributed by atoms with Crippen LogP contribution in [-0.4, -0.2) is 28.1 Å². The van der Waals surface area contributed by atoms with Crippen LogP contribution in [0, 0.1) is 11.6 Å². The maximum absolute atomic E-state index is 13.2. The van der Waals surface area contributed by atoms with Crippen molar-refractivity contribution in [3.63, 3.8) is 0 Å². The van der Waals surface area contributed by atoms with Crippen LogP contribution in [0.25, 0.3) is 10.8 Å². The Morgan fingerprint density at radius 2 is 1.77 bits per heavy atom. The summed E-state index contributed by atoms with van der Waals surface area (Å²) in [5, 5.41) is 4.46. The summed E-state index contributed by atoms with van der Waals surface area (Å²) in [5.41, 5.74) is -0.634. The molecular weight excluding hydrogens is 346 g/mol. The van der Waals surface area contributed by atoms with Gasteiger partial charge in [-0.3, -0.25) is 9.59 Å². The van der Waals surface area contributed by atoms with Crippen LogP contribution in [0.4, 0.5) is 8.78 Å². The maximum Gasteiger partial charge on any atom is 0.359 e. The number of rotatable bonds is 4. The van der Waals surface area contributed by atoms with Gasteiger partial charge in [0.25, 0.3) is 5.56 Å². The maximum atomic E-state index is 13.2. The first-order valence-corrected chi connectivity index (χ1v) is 7.50. The second-order valence-corrected chi connectivity index (χ2v) is 5.45. The zero-order chi connectivity index (χ0) is 18.8. The van der Waals surface area contributed by atoms with Crippen molar-refractivity contribution in [2.24, 2.45) is 7.05 Å². The summed E-state index contributed by atoms with van der Waals surface area (Å²) in [6.07, 6.45) is 0. The molecule has 1 heterocycles. The highest BCUT2D eigenvalue weighted by molar-refractivity contribution is 6.04. The largest absolute Gasteiger partial charge is 0.452 e. The summed E-state index contributed by atoms with van der Waals surface area (Å²) >= 11 is 0. The van der Waals surface area contributed by atoms with Gasteiger partial charge in [0, 0.05) is 18.0 Å². The molecule has 0 saturated carbocycles. The average Bonchev–Trinajstić information content (AvgIpc) is 2.64. The number of benzene rings is 2. The first kappa shape index (κ1) is 17.4. The van der Waals surface area contributed by atoms with E-state index in [4.69, 9.17) is 4.74 Å². The Balaban J connectivity index is 1.84. The number of ether oxygens (including phenoxy) is 1. The minimum Gasteiger partial charge on any atom is -0.452 e. The molecule has 0 fully saturated rings. The Morgan fingerprint density at radius 1 is 1.08 bits per heavy atom. The second kappa shape index (κ2) is 6.83. The van der Waals surface area contributed by atoms with Gasteiger partial charge in [-0.1, -0.05) is 18.2 Å². The minimum absolute atomic E-state index is 0.124. The number of aromatic nitrogens is 2. The molecule has 3 rings (SSSR count). The number of ketones is 1. The predicted molar refractivity (Wildman–Crippen MR) is 88.0 cm³/mol. The standard InChI is InChI=1S/C18H12F2N2O4/c1-22-17(24)12-5-3-2-4-11(12)16(21-22)18(25)26-9-15(23)10-6-7-13(19)14(20)8-10/h2-8H,9H2,1H3. The quantitative estimate of drug-likeness (QED) is 0.528. The van der Waals surface area contributed by atoms with Gasteiger partial charge in [0.1, 0.15) is 0 Å².